The second-order valence-corrected chi connectivity index (χ2v) is 9.19. The first-order valence-electron chi connectivity index (χ1n) is 10.4. The standard InChI is InChI=1S/C23H25N3O7S/c1-4-32-22(28)20-15(3)24-23(29)25-19(20)13-33-21(27)16-7-11-18(12-8-16)34(30,31)26-17-9-5-14(2)6-10-17/h5-12,15,26H,4,13H2,1-3H3,(H2,24,25,29). The van der Waals surface area contributed by atoms with Crippen molar-refractivity contribution in [1.82, 2.24) is 10.6 Å². The number of rotatable bonds is 8. The van der Waals surface area contributed by atoms with Crippen molar-refractivity contribution in [3.05, 3.63) is 70.9 Å². The monoisotopic (exact) mass is 487 g/mol. The van der Waals surface area contributed by atoms with Gasteiger partial charge in [-0.1, -0.05) is 17.7 Å². The lowest BCUT2D eigenvalue weighted by Gasteiger charge is -2.26. The van der Waals surface area contributed by atoms with Crippen molar-refractivity contribution in [3.63, 3.8) is 0 Å². The van der Waals surface area contributed by atoms with E-state index in [0.29, 0.717) is 5.69 Å². The summed E-state index contributed by atoms with van der Waals surface area (Å²) in [6, 6.07) is 10.9. The van der Waals surface area contributed by atoms with Crippen molar-refractivity contribution in [2.75, 3.05) is 17.9 Å². The molecule has 1 atom stereocenters. The van der Waals surface area contributed by atoms with Crippen LogP contribution in [0.25, 0.3) is 0 Å². The maximum Gasteiger partial charge on any atom is 0.338 e. The number of carbonyl (C=O) groups excluding carboxylic acids is 3. The van der Waals surface area contributed by atoms with E-state index >= 15 is 0 Å². The SMILES string of the molecule is CCOC(=O)C1=C(COC(=O)c2ccc(S(=O)(=O)Nc3ccc(C)cc3)cc2)NC(=O)NC1C. The Labute approximate surface area is 197 Å². The highest BCUT2D eigenvalue weighted by Crippen LogP contribution is 2.19. The fourth-order valence-corrected chi connectivity index (χ4v) is 4.28. The zero-order chi connectivity index (χ0) is 24.9. The van der Waals surface area contributed by atoms with Crippen LogP contribution < -0.4 is 15.4 Å². The van der Waals surface area contributed by atoms with Gasteiger partial charge >= 0.3 is 18.0 Å². The number of esters is 2. The molecule has 0 spiro atoms. The summed E-state index contributed by atoms with van der Waals surface area (Å²) in [7, 11) is -3.85. The van der Waals surface area contributed by atoms with E-state index in [1.54, 1.807) is 38.1 Å². The molecule has 1 aliphatic rings. The van der Waals surface area contributed by atoms with Gasteiger partial charge in [-0.25, -0.2) is 22.8 Å². The van der Waals surface area contributed by atoms with Crippen LogP contribution in [0.5, 0.6) is 0 Å². The highest BCUT2D eigenvalue weighted by atomic mass is 32.2. The molecule has 3 rings (SSSR count). The Kier molecular flexibility index (Phi) is 7.57. The van der Waals surface area contributed by atoms with Gasteiger partial charge in [0.25, 0.3) is 10.0 Å². The lowest BCUT2D eigenvalue weighted by molar-refractivity contribution is -0.139. The number of benzene rings is 2. The average Bonchev–Trinajstić information content (AvgIpc) is 2.78. The molecule has 3 N–H and O–H groups in total. The van der Waals surface area contributed by atoms with E-state index in [-0.39, 0.29) is 34.9 Å². The Morgan fingerprint density at radius 3 is 2.26 bits per heavy atom. The van der Waals surface area contributed by atoms with Gasteiger partial charge in [-0.05, 0) is 57.2 Å². The molecule has 0 saturated carbocycles. The molecule has 2 amide bonds. The summed E-state index contributed by atoms with van der Waals surface area (Å²) in [6.07, 6.45) is 0. The van der Waals surface area contributed by atoms with Crippen LogP contribution in [0.4, 0.5) is 10.5 Å². The summed E-state index contributed by atoms with van der Waals surface area (Å²) in [5.74, 6) is -1.39. The summed E-state index contributed by atoms with van der Waals surface area (Å²) in [5, 5.41) is 5.01. The van der Waals surface area contributed by atoms with Gasteiger partial charge in [-0.3, -0.25) is 4.72 Å². The van der Waals surface area contributed by atoms with Crippen LogP contribution in [0.2, 0.25) is 0 Å². The quantitative estimate of drug-likeness (QED) is 0.486. The lowest BCUT2D eigenvalue weighted by Crippen LogP contribution is -2.50. The van der Waals surface area contributed by atoms with Crippen LogP contribution in [0.3, 0.4) is 0 Å². The molecule has 1 unspecified atom stereocenters. The molecular formula is C23H25N3O7S. The minimum absolute atomic E-state index is 0.0311. The molecule has 10 nitrogen and oxygen atoms in total. The largest absolute Gasteiger partial charge is 0.463 e. The Hall–Kier alpha value is -3.86. The topological polar surface area (TPSA) is 140 Å². The number of carbonyl (C=O) groups is 3. The highest BCUT2D eigenvalue weighted by Gasteiger charge is 2.30. The smallest absolute Gasteiger partial charge is 0.338 e. The van der Waals surface area contributed by atoms with Crippen LogP contribution >= 0.6 is 0 Å². The van der Waals surface area contributed by atoms with Gasteiger partial charge in [-0.15, -0.1) is 0 Å². The number of anilines is 1. The zero-order valence-electron chi connectivity index (χ0n) is 18.9. The van der Waals surface area contributed by atoms with E-state index in [4.69, 9.17) is 9.47 Å². The summed E-state index contributed by atoms with van der Waals surface area (Å²) < 4.78 is 37.9. The Bertz CT molecular complexity index is 1220. The minimum atomic E-state index is -3.85. The van der Waals surface area contributed by atoms with Crippen LogP contribution in [-0.4, -0.2) is 45.6 Å². The second kappa shape index (κ2) is 10.4. The average molecular weight is 488 g/mol. The molecule has 0 bridgehead atoms. The normalized spacial score (nSPS) is 15.7. The zero-order valence-corrected chi connectivity index (χ0v) is 19.7. The summed E-state index contributed by atoms with van der Waals surface area (Å²) >= 11 is 0. The van der Waals surface area contributed by atoms with Gasteiger partial charge in [0.15, 0.2) is 0 Å². The molecule has 1 aliphatic heterocycles. The predicted molar refractivity (Wildman–Crippen MR) is 124 cm³/mol. The fourth-order valence-electron chi connectivity index (χ4n) is 3.22. The third-order valence-corrected chi connectivity index (χ3v) is 6.31. The highest BCUT2D eigenvalue weighted by molar-refractivity contribution is 7.92. The van der Waals surface area contributed by atoms with E-state index in [0.717, 1.165) is 5.56 Å². The maximum absolute atomic E-state index is 12.6. The minimum Gasteiger partial charge on any atom is -0.463 e. The number of sulfonamides is 1. The molecule has 2 aromatic rings. The van der Waals surface area contributed by atoms with Gasteiger partial charge in [0.1, 0.15) is 6.61 Å². The Morgan fingerprint density at radius 1 is 1.00 bits per heavy atom. The van der Waals surface area contributed by atoms with Crippen molar-refractivity contribution in [2.45, 2.75) is 31.7 Å². The molecule has 0 saturated heterocycles. The third-order valence-electron chi connectivity index (χ3n) is 4.92. The number of urea groups is 1. The van der Waals surface area contributed by atoms with E-state index in [1.165, 1.54) is 24.3 Å². The number of amides is 2. The van der Waals surface area contributed by atoms with Crippen molar-refractivity contribution < 1.29 is 32.3 Å². The predicted octanol–water partition coefficient (Wildman–Crippen LogP) is 2.47. The first-order chi connectivity index (χ1) is 16.1. The number of nitrogens with one attached hydrogen (secondary N) is 3. The maximum atomic E-state index is 12.6. The van der Waals surface area contributed by atoms with Crippen LogP contribution in [0, 0.1) is 6.92 Å². The summed E-state index contributed by atoms with van der Waals surface area (Å²) in [5.41, 5.74) is 1.77. The van der Waals surface area contributed by atoms with E-state index < -0.39 is 34.0 Å². The molecular weight excluding hydrogens is 462 g/mol. The number of hydrogen-bond donors (Lipinski definition) is 3. The summed E-state index contributed by atoms with van der Waals surface area (Å²) in [6.45, 7) is 4.92. The molecule has 0 aliphatic carbocycles. The van der Waals surface area contributed by atoms with E-state index in [9.17, 15) is 22.8 Å². The molecule has 180 valence electrons. The van der Waals surface area contributed by atoms with Crippen molar-refractivity contribution in [3.8, 4) is 0 Å². The molecule has 0 radical (unpaired) electrons. The molecule has 0 aromatic heterocycles. The van der Waals surface area contributed by atoms with E-state index in [2.05, 4.69) is 15.4 Å². The number of hydrogen-bond acceptors (Lipinski definition) is 7. The summed E-state index contributed by atoms with van der Waals surface area (Å²) in [4.78, 5) is 36.5. The van der Waals surface area contributed by atoms with Crippen LogP contribution in [-0.2, 0) is 24.3 Å². The third kappa shape index (κ3) is 5.93. The molecule has 11 heteroatoms. The van der Waals surface area contributed by atoms with Crippen molar-refractivity contribution in [1.29, 1.82) is 0 Å². The van der Waals surface area contributed by atoms with Crippen LogP contribution in [0.1, 0.15) is 29.8 Å². The van der Waals surface area contributed by atoms with Gasteiger partial charge < -0.3 is 20.1 Å². The number of ether oxygens (including phenoxy) is 2. The molecule has 34 heavy (non-hydrogen) atoms. The second-order valence-electron chi connectivity index (χ2n) is 7.50. The molecule has 0 fully saturated rings. The Balaban J connectivity index is 1.70. The van der Waals surface area contributed by atoms with Crippen LogP contribution in [0.15, 0.2) is 64.7 Å². The number of aryl methyl sites for hydroxylation is 1. The first kappa shape index (κ1) is 24.8. The van der Waals surface area contributed by atoms with Gasteiger partial charge in [0.05, 0.1) is 34.4 Å². The van der Waals surface area contributed by atoms with Gasteiger partial charge in [-0.2, -0.15) is 0 Å². The molecule has 2 aromatic carbocycles. The van der Waals surface area contributed by atoms with Crippen molar-refractivity contribution >= 4 is 33.7 Å². The Morgan fingerprint density at radius 2 is 1.65 bits per heavy atom. The first-order valence-corrected chi connectivity index (χ1v) is 11.9. The lowest BCUT2D eigenvalue weighted by atomic mass is 10.0. The molecule has 1 heterocycles. The fraction of sp³-hybridized carbons (Fsp3) is 0.261. The van der Waals surface area contributed by atoms with Gasteiger partial charge in [0.2, 0.25) is 0 Å². The van der Waals surface area contributed by atoms with Crippen molar-refractivity contribution in [2.24, 2.45) is 0 Å². The van der Waals surface area contributed by atoms with Gasteiger partial charge in [0, 0.05) is 5.69 Å². The van der Waals surface area contributed by atoms with E-state index in [1.807, 2.05) is 6.92 Å².